The summed E-state index contributed by atoms with van der Waals surface area (Å²) >= 11 is 1.59. The average Bonchev–Trinajstić information content (AvgIpc) is 2.76. The minimum Gasteiger partial charge on any atom is -0.382 e. The summed E-state index contributed by atoms with van der Waals surface area (Å²) in [6, 6.07) is 1.78. The van der Waals surface area contributed by atoms with Crippen LogP contribution in [0.4, 0.5) is 5.82 Å². The van der Waals surface area contributed by atoms with E-state index in [1.807, 2.05) is 17.8 Å². The Hall–Kier alpha value is -1.50. The van der Waals surface area contributed by atoms with Crippen molar-refractivity contribution in [3.63, 3.8) is 0 Å². The summed E-state index contributed by atoms with van der Waals surface area (Å²) in [4.78, 5) is 4.19. The molecule has 3 N–H and O–H groups in total. The number of nitrogen functional groups attached to an aromatic ring is 1. The number of hydrogen-bond acceptors (Lipinski definition) is 5. The van der Waals surface area contributed by atoms with E-state index in [4.69, 9.17) is 5.73 Å². The number of anilines is 1. The molecule has 0 atom stereocenters. The number of aromatic nitrogens is 5. The number of thioether (sulfide) groups is 1. The van der Waals surface area contributed by atoms with E-state index in [9.17, 15) is 0 Å². The van der Waals surface area contributed by atoms with Crippen LogP contribution in [-0.2, 0) is 6.54 Å². The molecule has 2 aromatic rings. The van der Waals surface area contributed by atoms with Gasteiger partial charge in [-0.1, -0.05) is 11.8 Å². The van der Waals surface area contributed by atoms with Gasteiger partial charge in [-0.25, -0.2) is 4.98 Å². The van der Waals surface area contributed by atoms with Gasteiger partial charge in [0.25, 0.3) is 0 Å². The Balaban J connectivity index is 1.80. The largest absolute Gasteiger partial charge is 0.382 e. The number of H-pyrrole nitrogens is 1. The summed E-state index contributed by atoms with van der Waals surface area (Å²) < 4.78 is 1.81. The lowest BCUT2D eigenvalue weighted by Gasteiger charge is -1.98. The first kappa shape index (κ1) is 10.0. The van der Waals surface area contributed by atoms with Gasteiger partial charge in [0, 0.05) is 11.9 Å². The second-order valence-electron chi connectivity index (χ2n) is 3.06. The maximum Gasteiger partial charge on any atom is 0.208 e. The van der Waals surface area contributed by atoms with Crippen molar-refractivity contribution < 1.29 is 0 Å². The molecular formula is C8H12N6S. The molecule has 2 rings (SSSR count). The Bertz CT molecular complexity index is 394. The molecule has 0 spiro atoms. The van der Waals surface area contributed by atoms with Crippen molar-refractivity contribution in [2.75, 3.05) is 11.5 Å². The van der Waals surface area contributed by atoms with Crippen molar-refractivity contribution in [2.45, 2.75) is 18.6 Å². The molecule has 0 saturated heterocycles. The normalized spacial score (nSPS) is 10.7. The molecular weight excluding hydrogens is 212 g/mol. The molecule has 15 heavy (non-hydrogen) atoms. The van der Waals surface area contributed by atoms with Crippen molar-refractivity contribution in [1.82, 2.24) is 25.0 Å². The Kier molecular flexibility index (Phi) is 2.91. The van der Waals surface area contributed by atoms with E-state index in [1.54, 1.807) is 17.8 Å². The van der Waals surface area contributed by atoms with Crippen LogP contribution < -0.4 is 5.73 Å². The maximum absolute atomic E-state index is 5.50. The third kappa shape index (κ3) is 2.72. The lowest BCUT2D eigenvalue weighted by atomic mass is 10.7. The molecule has 0 radical (unpaired) electrons. The van der Waals surface area contributed by atoms with Gasteiger partial charge in [0.15, 0.2) is 0 Å². The molecule has 0 saturated carbocycles. The molecule has 2 aromatic heterocycles. The third-order valence-corrected chi connectivity index (χ3v) is 2.62. The number of aromatic amines is 1. The molecule has 2 heterocycles. The van der Waals surface area contributed by atoms with Crippen molar-refractivity contribution in [2.24, 2.45) is 0 Å². The molecule has 0 aliphatic carbocycles. The van der Waals surface area contributed by atoms with Gasteiger partial charge in [-0.15, -0.1) is 5.10 Å². The van der Waals surface area contributed by atoms with Crippen LogP contribution in [0.25, 0.3) is 0 Å². The van der Waals surface area contributed by atoms with Crippen molar-refractivity contribution >= 4 is 17.6 Å². The van der Waals surface area contributed by atoms with Gasteiger partial charge < -0.3 is 5.73 Å². The molecule has 0 aliphatic heterocycles. The first-order valence-corrected chi connectivity index (χ1v) is 5.53. The number of nitrogens with zero attached hydrogens (tertiary/aromatic N) is 4. The second kappa shape index (κ2) is 4.35. The first-order chi connectivity index (χ1) is 7.24. The highest BCUT2D eigenvalue weighted by atomic mass is 32.2. The lowest BCUT2D eigenvalue weighted by molar-refractivity contribution is 0.669. The molecule has 80 valence electrons. The fourth-order valence-corrected chi connectivity index (χ4v) is 1.89. The lowest BCUT2D eigenvalue weighted by Crippen LogP contribution is -2.01. The fourth-order valence-electron chi connectivity index (χ4n) is 1.12. The molecule has 0 amide bonds. The van der Waals surface area contributed by atoms with Crippen molar-refractivity contribution in [3.8, 4) is 0 Å². The van der Waals surface area contributed by atoms with Crippen LogP contribution in [0.5, 0.6) is 0 Å². The van der Waals surface area contributed by atoms with Gasteiger partial charge >= 0.3 is 0 Å². The van der Waals surface area contributed by atoms with E-state index >= 15 is 0 Å². The molecule has 0 fully saturated rings. The van der Waals surface area contributed by atoms with E-state index in [0.29, 0.717) is 5.82 Å². The van der Waals surface area contributed by atoms with Crippen LogP contribution in [0.15, 0.2) is 17.4 Å². The van der Waals surface area contributed by atoms with Crippen LogP contribution in [0.3, 0.4) is 0 Å². The van der Waals surface area contributed by atoms with Crippen LogP contribution in [0.1, 0.15) is 5.82 Å². The summed E-state index contributed by atoms with van der Waals surface area (Å²) in [5, 5.41) is 11.7. The number of nitrogens with two attached hydrogens (primary N) is 1. The number of aryl methyl sites for hydroxylation is 2. The van der Waals surface area contributed by atoms with Crippen LogP contribution >= 0.6 is 11.8 Å². The number of rotatable bonds is 4. The topological polar surface area (TPSA) is 85.4 Å². The maximum atomic E-state index is 5.50. The predicted octanol–water partition coefficient (Wildman–Crippen LogP) is 0.684. The van der Waals surface area contributed by atoms with Gasteiger partial charge in [-0.05, 0) is 13.0 Å². The highest BCUT2D eigenvalue weighted by molar-refractivity contribution is 7.99. The molecule has 0 aromatic carbocycles. The van der Waals surface area contributed by atoms with Crippen molar-refractivity contribution in [1.29, 1.82) is 0 Å². The minimum absolute atomic E-state index is 0.550. The zero-order valence-corrected chi connectivity index (χ0v) is 9.16. The van der Waals surface area contributed by atoms with Crippen molar-refractivity contribution in [3.05, 3.63) is 18.1 Å². The van der Waals surface area contributed by atoms with E-state index < -0.39 is 0 Å². The van der Waals surface area contributed by atoms with E-state index in [-0.39, 0.29) is 0 Å². The Morgan fingerprint density at radius 2 is 2.47 bits per heavy atom. The van der Waals surface area contributed by atoms with E-state index in [2.05, 4.69) is 20.3 Å². The molecule has 0 aliphatic rings. The average molecular weight is 224 g/mol. The van der Waals surface area contributed by atoms with Gasteiger partial charge in [0.2, 0.25) is 5.16 Å². The molecule has 0 bridgehead atoms. The highest BCUT2D eigenvalue weighted by Crippen LogP contribution is 2.12. The minimum atomic E-state index is 0.550. The molecule has 6 nitrogen and oxygen atoms in total. The van der Waals surface area contributed by atoms with Gasteiger partial charge in [0.05, 0.1) is 6.54 Å². The zero-order valence-electron chi connectivity index (χ0n) is 8.34. The summed E-state index contributed by atoms with van der Waals surface area (Å²) in [6.45, 7) is 2.68. The Morgan fingerprint density at radius 1 is 1.60 bits per heavy atom. The highest BCUT2D eigenvalue weighted by Gasteiger charge is 2.00. The molecule has 7 heteroatoms. The standard InChI is InChI=1S/C8H12N6S/c1-6-10-8(12-11-6)15-5-4-14-3-2-7(9)13-14/h2-3H,4-5H2,1H3,(H2,9,13)(H,10,11,12). The Labute approximate surface area is 91.3 Å². The van der Waals surface area contributed by atoms with Gasteiger partial charge in [0.1, 0.15) is 11.6 Å². The number of nitrogens with one attached hydrogen (secondary N) is 1. The van der Waals surface area contributed by atoms with Crippen LogP contribution in [0, 0.1) is 6.92 Å². The van der Waals surface area contributed by atoms with Gasteiger partial charge in [-0.3, -0.25) is 9.78 Å². The van der Waals surface area contributed by atoms with Crippen LogP contribution in [-0.4, -0.2) is 30.7 Å². The summed E-state index contributed by atoms with van der Waals surface area (Å²) in [7, 11) is 0. The number of hydrogen-bond donors (Lipinski definition) is 2. The summed E-state index contributed by atoms with van der Waals surface area (Å²) in [5.74, 6) is 2.26. The van der Waals surface area contributed by atoms with Crippen LogP contribution in [0.2, 0.25) is 0 Å². The Morgan fingerprint density at radius 3 is 3.07 bits per heavy atom. The fraction of sp³-hybridized carbons (Fsp3) is 0.375. The summed E-state index contributed by atoms with van der Waals surface area (Å²) in [6.07, 6.45) is 1.86. The quantitative estimate of drug-likeness (QED) is 0.746. The monoisotopic (exact) mass is 224 g/mol. The SMILES string of the molecule is Cc1nc(SCCn2ccc(N)n2)n[nH]1. The smallest absolute Gasteiger partial charge is 0.208 e. The predicted molar refractivity (Wildman–Crippen MR) is 58.5 cm³/mol. The summed E-state index contributed by atoms with van der Waals surface area (Å²) in [5.41, 5.74) is 5.50. The van der Waals surface area contributed by atoms with E-state index in [1.165, 1.54) is 0 Å². The first-order valence-electron chi connectivity index (χ1n) is 4.55. The van der Waals surface area contributed by atoms with E-state index in [0.717, 1.165) is 23.3 Å². The third-order valence-electron chi connectivity index (χ3n) is 1.79. The molecule has 0 unspecified atom stereocenters. The zero-order chi connectivity index (χ0) is 10.7. The van der Waals surface area contributed by atoms with Gasteiger partial charge in [-0.2, -0.15) is 5.10 Å². The second-order valence-corrected chi connectivity index (χ2v) is 4.12.